The molecule has 0 unspecified atom stereocenters. The summed E-state index contributed by atoms with van der Waals surface area (Å²) in [6, 6.07) is 0.796. The molecule has 0 amide bonds. The van der Waals surface area contributed by atoms with Gasteiger partial charge >= 0.3 is 0 Å². The minimum absolute atomic E-state index is 0.796. The molecule has 1 N–H and O–H groups in total. The van der Waals surface area contributed by atoms with E-state index in [1.54, 1.807) is 0 Å². The van der Waals surface area contributed by atoms with E-state index in [1.807, 2.05) is 0 Å². The van der Waals surface area contributed by atoms with Gasteiger partial charge in [-0.05, 0) is 38.1 Å². The van der Waals surface area contributed by atoms with Gasteiger partial charge in [-0.2, -0.15) is 0 Å². The average Bonchev–Trinajstić information content (AvgIpc) is 2.96. The van der Waals surface area contributed by atoms with Crippen molar-refractivity contribution in [2.24, 2.45) is 5.92 Å². The maximum atomic E-state index is 3.70. The largest absolute Gasteiger partial charge is 0.314 e. The minimum Gasteiger partial charge on any atom is -0.314 e. The Kier molecular flexibility index (Phi) is 6.25. The van der Waals surface area contributed by atoms with Gasteiger partial charge in [0, 0.05) is 6.04 Å². The molecule has 84 valence electrons. The van der Waals surface area contributed by atoms with Gasteiger partial charge in [0.2, 0.25) is 0 Å². The standard InChI is InChI=1S/C13H27N/c1-3-6-13(7-4-2)14-11-5-8-12-9-10-12/h12-14H,3-11H2,1-2H3. The van der Waals surface area contributed by atoms with Crippen LogP contribution in [0.3, 0.4) is 0 Å². The lowest BCUT2D eigenvalue weighted by molar-refractivity contribution is 0.434. The molecule has 1 nitrogen and oxygen atoms in total. The van der Waals surface area contributed by atoms with Crippen LogP contribution in [0.4, 0.5) is 0 Å². The summed E-state index contributed by atoms with van der Waals surface area (Å²) in [5, 5.41) is 3.70. The Balaban J connectivity index is 1.93. The summed E-state index contributed by atoms with van der Waals surface area (Å²) in [5.41, 5.74) is 0. The van der Waals surface area contributed by atoms with Gasteiger partial charge in [0.25, 0.3) is 0 Å². The highest BCUT2D eigenvalue weighted by atomic mass is 14.9. The molecule has 0 aromatic heterocycles. The van der Waals surface area contributed by atoms with Crippen LogP contribution < -0.4 is 5.32 Å². The monoisotopic (exact) mass is 197 g/mol. The molecule has 0 saturated heterocycles. The molecule has 1 heteroatoms. The van der Waals surface area contributed by atoms with Gasteiger partial charge in [-0.25, -0.2) is 0 Å². The van der Waals surface area contributed by atoms with Crippen LogP contribution in [-0.2, 0) is 0 Å². The predicted octanol–water partition coefficient (Wildman–Crippen LogP) is 3.74. The first-order valence-corrected chi connectivity index (χ1v) is 6.60. The van der Waals surface area contributed by atoms with Crippen molar-refractivity contribution in [3.05, 3.63) is 0 Å². The highest BCUT2D eigenvalue weighted by Crippen LogP contribution is 2.33. The highest BCUT2D eigenvalue weighted by molar-refractivity contribution is 4.73. The Hall–Kier alpha value is -0.0400. The molecule has 1 rings (SSSR count). The fourth-order valence-electron chi connectivity index (χ4n) is 2.15. The lowest BCUT2D eigenvalue weighted by Crippen LogP contribution is -2.29. The summed E-state index contributed by atoms with van der Waals surface area (Å²) in [6.07, 6.45) is 11.2. The van der Waals surface area contributed by atoms with Crippen LogP contribution in [0.25, 0.3) is 0 Å². The van der Waals surface area contributed by atoms with Crippen LogP contribution in [0.2, 0.25) is 0 Å². The van der Waals surface area contributed by atoms with E-state index >= 15 is 0 Å². The molecule has 0 atom stereocenters. The average molecular weight is 197 g/mol. The highest BCUT2D eigenvalue weighted by Gasteiger charge is 2.20. The molecule has 0 aromatic carbocycles. The Morgan fingerprint density at radius 3 is 2.29 bits per heavy atom. The molecule has 0 bridgehead atoms. The smallest absolute Gasteiger partial charge is 0.00668 e. The second-order valence-electron chi connectivity index (χ2n) is 4.81. The van der Waals surface area contributed by atoms with Gasteiger partial charge < -0.3 is 5.32 Å². The van der Waals surface area contributed by atoms with Gasteiger partial charge in [-0.3, -0.25) is 0 Å². The van der Waals surface area contributed by atoms with E-state index in [9.17, 15) is 0 Å². The molecule has 0 spiro atoms. The Morgan fingerprint density at radius 2 is 1.79 bits per heavy atom. The first-order valence-electron chi connectivity index (χ1n) is 6.60. The number of hydrogen-bond acceptors (Lipinski definition) is 1. The maximum Gasteiger partial charge on any atom is 0.00668 e. The molecular weight excluding hydrogens is 170 g/mol. The zero-order chi connectivity index (χ0) is 10.2. The normalized spacial score (nSPS) is 16.5. The molecular formula is C13H27N. The second-order valence-corrected chi connectivity index (χ2v) is 4.81. The van der Waals surface area contributed by atoms with E-state index in [0.717, 1.165) is 12.0 Å². The summed E-state index contributed by atoms with van der Waals surface area (Å²) in [4.78, 5) is 0. The van der Waals surface area contributed by atoms with Crippen LogP contribution >= 0.6 is 0 Å². The Morgan fingerprint density at radius 1 is 1.14 bits per heavy atom. The Bertz CT molecular complexity index is 123. The van der Waals surface area contributed by atoms with Crippen LogP contribution in [0, 0.1) is 5.92 Å². The molecule has 1 aliphatic rings. The summed E-state index contributed by atoms with van der Waals surface area (Å²) >= 11 is 0. The van der Waals surface area contributed by atoms with Crippen LogP contribution in [0.15, 0.2) is 0 Å². The van der Waals surface area contributed by atoms with Crippen molar-refractivity contribution >= 4 is 0 Å². The van der Waals surface area contributed by atoms with E-state index in [1.165, 1.54) is 57.9 Å². The molecule has 0 heterocycles. The topological polar surface area (TPSA) is 12.0 Å². The van der Waals surface area contributed by atoms with Crippen LogP contribution in [0.5, 0.6) is 0 Å². The SMILES string of the molecule is CCCC(CCC)NCCCC1CC1. The fourth-order valence-corrected chi connectivity index (χ4v) is 2.15. The lowest BCUT2D eigenvalue weighted by atomic mass is 10.1. The predicted molar refractivity (Wildman–Crippen MR) is 63.6 cm³/mol. The zero-order valence-corrected chi connectivity index (χ0v) is 10.0. The molecule has 1 fully saturated rings. The lowest BCUT2D eigenvalue weighted by Gasteiger charge is -2.17. The summed E-state index contributed by atoms with van der Waals surface area (Å²) in [5.74, 6) is 1.10. The van der Waals surface area contributed by atoms with Crippen molar-refractivity contribution < 1.29 is 0 Å². The van der Waals surface area contributed by atoms with Gasteiger partial charge in [0.1, 0.15) is 0 Å². The second kappa shape index (κ2) is 7.28. The van der Waals surface area contributed by atoms with Crippen molar-refractivity contribution in [1.29, 1.82) is 0 Å². The van der Waals surface area contributed by atoms with Gasteiger partial charge in [-0.15, -0.1) is 0 Å². The number of hydrogen-bond donors (Lipinski definition) is 1. The third-order valence-electron chi connectivity index (χ3n) is 3.19. The summed E-state index contributed by atoms with van der Waals surface area (Å²) < 4.78 is 0. The molecule has 1 aliphatic carbocycles. The van der Waals surface area contributed by atoms with E-state index in [4.69, 9.17) is 0 Å². The molecule has 0 radical (unpaired) electrons. The van der Waals surface area contributed by atoms with Crippen LogP contribution in [0.1, 0.15) is 65.2 Å². The van der Waals surface area contributed by atoms with E-state index in [-0.39, 0.29) is 0 Å². The molecule has 0 aromatic rings. The molecule has 0 aliphatic heterocycles. The van der Waals surface area contributed by atoms with Gasteiger partial charge in [-0.1, -0.05) is 39.5 Å². The van der Waals surface area contributed by atoms with Crippen molar-refractivity contribution in [2.45, 2.75) is 71.3 Å². The number of nitrogens with one attached hydrogen (secondary N) is 1. The maximum absolute atomic E-state index is 3.70. The first kappa shape index (κ1) is 12.0. The van der Waals surface area contributed by atoms with Crippen molar-refractivity contribution in [3.8, 4) is 0 Å². The van der Waals surface area contributed by atoms with E-state index < -0.39 is 0 Å². The third kappa shape index (κ3) is 5.64. The Labute approximate surface area is 89.7 Å². The van der Waals surface area contributed by atoms with Crippen LogP contribution in [-0.4, -0.2) is 12.6 Å². The minimum atomic E-state index is 0.796. The van der Waals surface area contributed by atoms with Gasteiger partial charge in [0.05, 0.1) is 0 Å². The summed E-state index contributed by atoms with van der Waals surface area (Å²) in [7, 11) is 0. The molecule has 1 saturated carbocycles. The zero-order valence-electron chi connectivity index (χ0n) is 10.0. The quantitative estimate of drug-likeness (QED) is 0.555. The van der Waals surface area contributed by atoms with Crippen molar-refractivity contribution in [2.75, 3.05) is 6.54 Å². The van der Waals surface area contributed by atoms with E-state index in [0.29, 0.717) is 0 Å². The number of rotatable bonds is 9. The first-order chi connectivity index (χ1) is 6.86. The van der Waals surface area contributed by atoms with Gasteiger partial charge in [0.15, 0.2) is 0 Å². The van der Waals surface area contributed by atoms with E-state index in [2.05, 4.69) is 19.2 Å². The van der Waals surface area contributed by atoms with Crippen molar-refractivity contribution in [3.63, 3.8) is 0 Å². The fraction of sp³-hybridized carbons (Fsp3) is 1.00. The van der Waals surface area contributed by atoms with Crippen molar-refractivity contribution in [1.82, 2.24) is 5.32 Å². The summed E-state index contributed by atoms with van der Waals surface area (Å²) in [6.45, 7) is 5.82. The molecule has 14 heavy (non-hydrogen) atoms. The third-order valence-corrected chi connectivity index (χ3v) is 3.19.